The van der Waals surface area contributed by atoms with Crippen molar-refractivity contribution in [1.29, 1.82) is 0 Å². The van der Waals surface area contributed by atoms with Crippen LogP contribution in [0.15, 0.2) is 27.1 Å². The summed E-state index contributed by atoms with van der Waals surface area (Å²) >= 11 is 9.30. The number of aromatic nitrogens is 2. The monoisotopic (exact) mass is 300 g/mol. The molecule has 84 valence electrons. The highest BCUT2D eigenvalue weighted by atomic mass is 79.9. The number of halogens is 2. The summed E-state index contributed by atoms with van der Waals surface area (Å²) in [6, 6.07) is 5.87. The Labute approximate surface area is 107 Å². The summed E-state index contributed by atoms with van der Waals surface area (Å²) < 4.78 is 6.51. The van der Waals surface area contributed by atoms with E-state index in [4.69, 9.17) is 16.0 Å². The number of nitrogens with zero attached hydrogens (tertiary/aromatic N) is 2. The van der Waals surface area contributed by atoms with E-state index in [-0.39, 0.29) is 5.38 Å². The lowest BCUT2D eigenvalue weighted by molar-refractivity contribution is 0.507. The first-order valence-corrected chi connectivity index (χ1v) is 6.05. The van der Waals surface area contributed by atoms with Crippen molar-refractivity contribution in [2.45, 2.75) is 19.2 Å². The second kappa shape index (κ2) is 4.55. The third-order valence-electron chi connectivity index (χ3n) is 2.19. The number of hydrogen-bond donors (Lipinski definition) is 0. The molecule has 0 N–H and O–H groups in total. The van der Waals surface area contributed by atoms with Crippen molar-refractivity contribution in [3.63, 3.8) is 0 Å². The Morgan fingerprint density at radius 2 is 2.12 bits per heavy atom. The van der Waals surface area contributed by atoms with Crippen LogP contribution in [-0.2, 0) is 0 Å². The Bertz CT molecular complexity index is 510. The molecule has 0 radical (unpaired) electrons. The molecule has 0 saturated heterocycles. The summed E-state index contributed by atoms with van der Waals surface area (Å²) in [6.45, 7) is 3.81. The van der Waals surface area contributed by atoms with Crippen LogP contribution in [-0.4, -0.2) is 10.2 Å². The first-order valence-electron chi connectivity index (χ1n) is 4.82. The Kier molecular flexibility index (Phi) is 3.30. The second-order valence-corrected chi connectivity index (χ2v) is 5.03. The standard InChI is InChI=1S/C11H10BrClN2O/c1-6-5-8(3-4-9(6)12)11-15-14-10(16-11)7(2)13/h3-5,7H,1-2H3. The fourth-order valence-corrected chi connectivity index (χ4v) is 1.62. The van der Waals surface area contributed by atoms with Crippen molar-refractivity contribution >= 4 is 27.5 Å². The van der Waals surface area contributed by atoms with Crippen LogP contribution in [0.5, 0.6) is 0 Å². The van der Waals surface area contributed by atoms with Gasteiger partial charge in [0.2, 0.25) is 11.8 Å². The zero-order chi connectivity index (χ0) is 11.7. The smallest absolute Gasteiger partial charge is 0.247 e. The minimum Gasteiger partial charge on any atom is -0.419 e. The topological polar surface area (TPSA) is 38.9 Å². The van der Waals surface area contributed by atoms with Gasteiger partial charge in [-0.15, -0.1) is 21.8 Å². The van der Waals surface area contributed by atoms with Crippen molar-refractivity contribution in [2.24, 2.45) is 0 Å². The number of hydrogen-bond acceptors (Lipinski definition) is 3. The molecule has 3 nitrogen and oxygen atoms in total. The number of aryl methyl sites for hydroxylation is 1. The van der Waals surface area contributed by atoms with Gasteiger partial charge in [-0.3, -0.25) is 0 Å². The molecule has 2 rings (SSSR count). The van der Waals surface area contributed by atoms with E-state index in [0.717, 1.165) is 15.6 Å². The average Bonchev–Trinajstić information content (AvgIpc) is 2.71. The predicted octanol–water partition coefficient (Wildman–Crippen LogP) is 4.11. The molecule has 0 spiro atoms. The van der Waals surface area contributed by atoms with Crippen LogP contribution >= 0.6 is 27.5 Å². The summed E-state index contributed by atoms with van der Waals surface area (Å²) in [6.07, 6.45) is 0. The zero-order valence-electron chi connectivity index (χ0n) is 8.87. The highest BCUT2D eigenvalue weighted by Gasteiger charge is 2.12. The lowest BCUT2D eigenvalue weighted by atomic mass is 10.1. The van der Waals surface area contributed by atoms with Crippen molar-refractivity contribution < 1.29 is 4.42 Å². The van der Waals surface area contributed by atoms with E-state index < -0.39 is 0 Å². The van der Waals surface area contributed by atoms with E-state index in [0.29, 0.717) is 11.8 Å². The van der Waals surface area contributed by atoms with Crippen molar-refractivity contribution in [3.8, 4) is 11.5 Å². The van der Waals surface area contributed by atoms with Gasteiger partial charge in [0.15, 0.2) is 0 Å². The van der Waals surface area contributed by atoms with Crippen LogP contribution in [0.2, 0.25) is 0 Å². The fraction of sp³-hybridized carbons (Fsp3) is 0.273. The molecule has 1 aromatic carbocycles. The van der Waals surface area contributed by atoms with Gasteiger partial charge in [-0.05, 0) is 37.6 Å². The molecule has 0 fully saturated rings. The molecule has 1 atom stereocenters. The van der Waals surface area contributed by atoms with Crippen molar-refractivity contribution in [3.05, 3.63) is 34.1 Å². The quantitative estimate of drug-likeness (QED) is 0.784. The molecule has 1 heterocycles. The lowest BCUT2D eigenvalue weighted by Gasteiger charge is -1.99. The molecular formula is C11H10BrClN2O. The van der Waals surface area contributed by atoms with Gasteiger partial charge < -0.3 is 4.42 Å². The predicted molar refractivity (Wildman–Crippen MR) is 66.4 cm³/mol. The van der Waals surface area contributed by atoms with Crippen molar-refractivity contribution in [2.75, 3.05) is 0 Å². The van der Waals surface area contributed by atoms with E-state index in [1.807, 2.05) is 25.1 Å². The van der Waals surface area contributed by atoms with Crippen LogP contribution in [0.4, 0.5) is 0 Å². The van der Waals surface area contributed by atoms with Gasteiger partial charge in [0.05, 0.1) is 0 Å². The van der Waals surface area contributed by atoms with Gasteiger partial charge in [0.1, 0.15) is 5.38 Å². The highest BCUT2D eigenvalue weighted by Crippen LogP contribution is 2.26. The summed E-state index contributed by atoms with van der Waals surface area (Å²) in [5, 5.41) is 7.58. The maximum Gasteiger partial charge on any atom is 0.247 e. The van der Waals surface area contributed by atoms with Gasteiger partial charge in [-0.25, -0.2) is 0 Å². The third kappa shape index (κ3) is 2.28. The molecule has 2 aromatic rings. The molecule has 1 aromatic heterocycles. The van der Waals surface area contributed by atoms with Crippen LogP contribution in [0.25, 0.3) is 11.5 Å². The fourth-order valence-electron chi connectivity index (χ4n) is 1.29. The Balaban J connectivity index is 2.39. The van der Waals surface area contributed by atoms with Crippen LogP contribution < -0.4 is 0 Å². The summed E-state index contributed by atoms with van der Waals surface area (Å²) in [7, 11) is 0. The molecule has 0 aliphatic heterocycles. The van der Waals surface area contributed by atoms with Gasteiger partial charge in [-0.2, -0.15) is 0 Å². The summed E-state index contributed by atoms with van der Waals surface area (Å²) in [4.78, 5) is 0. The van der Waals surface area contributed by atoms with E-state index in [1.165, 1.54) is 0 Å². The number of rotatable bonds is 2. The SMILES string of the molecule is Cc1cc(-c2nnc(C(C)Cl)o2)ccc1Br. The third-order valence-corrected chi connectivity index (χ3v) is 3.26. The van der Waals surface area contributed by atoms with Gasteiger partial charge in [0.25, 0.3) is 0 Å². The normalized spacial score (nSPS) is 12.8. The average molecular weight is 302 g/mol. The van der Waals surface area contributed by atoms with Gasteiger partial charge >= 0.3 is 0 Å². The van der Waals surface area contributed by atoms with Crippen LogP contribution in [0.3, 0.4) is 0 Å². The Morgan fingerprint density at radius 3 is 2.69 bits per heavy atom. The maximum absolute atomic E-state index is 5.86. The zero-order valence-corrected chi connectivity index (χ0v) is 11.2. The molecule has 5 heteroatoms. The van der Waals surface area contributed by atoms with E-state index in [1.54, 1.807) is 6.92 Å². The lowest BCUT2D eigenvalue weighted by Crippen LogP contribution is -1.82. The molecule has 0 saturated carbocycles. The van der Waals surface area contributed by atoms with Crippen LogP contribution in [0.1, 0.15) is 23.8 Å². The Hall–Kier alpha value is -0.870. The molecule has 0 amide bonds. The van der Waals surface area contributed by atoms with E-state index >= 15 is 0 Å². The number of benzene rings is 1. The van der Waals surface area contributed by atoms with E-state index in [9.17, 15) is 0 Å². The highest BCUT2D eigenvalue weighted by molar-refractivity contribution is 9.10. The molecule has 16 heavy (non-hydrogen) atoms. The largest absolute Gasteiger partial charge is 0.419 e. The van der Waals surface area contributed by atoms with E-state index in [2.05, 4.69) is 26.1 Å². The molecule has 0 bridgehead atoms. The molecule has 0 aliphatic rings. The Morgan fingerprint density at radius 1 is 1.38 bits per heavy atom. The van der Waals surface area contributed by atoms with Crippen LogP contribution in [0, 0.1) is 6.92 Å². The molecule has 1 unspecified atom stereocenters. The molecule has 0 aliphatic carbocycles. The number of alkyl halides is 1. The minimum absolute atomic E-state index is 0.266. The maximum atomic E-state index is 5.86. The molecular weight excluding hydrogens is 291 g/mol. The first kappa shape index (κ1) is 11.6. The van der Waals surface area contributed by atoms with Gasteiger partial charge in [-0.1, -0.05) is 15.9 Å². The second-order valence-electron chi connectivity index (χ2n) is 3.53. The van der Waals surface area contributed by atoms with Crippen molar-refractivity contribution in [1.82, 2.24) is 10.2 Å². The minimum atomic E-state index is -0.266. The summed E-state index contributed by atoms with van der Waals surface area (Å²) in [5.41, 5.74) is 2.02. The first-order chi connectivity index (χ1) is 7.58. The van der Waals surface area contributed by atoms with Gasteiger partial charge in [0, 0.05) is 10.0 Å². The summed E-state index contributed by atoms with van der Waals surface area (Å²) in [5.74, 6) is 0.940.